The first kappa shape index (κ1) is 17.9. The molecule has 0 bridgehead atoms. The summed E-state index contributed by atoms with van der Waals surface area (Å²) in [5.74, 6) is 0.822. The molecule has 0 atom stereocenters. The lowest BCUT2D eigenvalue weighted by Crippen LogP contribution is -2.47. The fourth-order valence-corrected chi connectivity index (χ4v) is 4.36. The Bertz CT molecular complexity index is 748. The molecule has 6 heteroatoms. The molecule has 2 fully saturated rings. The Labute approximate surface area is 160 Å². The molecule has 2 aliphatic heterocycles. The van der Waals surface area contributed by atoms with Crippen LogP contribution in [0.2, 0.25) is 0 Å². The van der Waals surface area contributed by atoms with Gasteiger partial charge in [0.25, 0.3) is 0 Å². The third-order valence-electron chi connectivity index (χ3n) is 6.18. The number of piperidine rings is 2. The van der Waals surface area contributed by atoms with Gasteiger partial charge in [0.2, 0.25) is 5.95 Å². The summed E-state index contributed by atoms with van der Waals surface area (Å²) in [5.41, 5.74) is 2.71. The summed E-state index contributed by atoms with van der Waals surface area (Å²) in [7, 11) is 0. The molecule has 2 aromatic heterocycles. The zero-order valence-corrected chi connectivity index (χ0v) is 15.8. The van der Waals surface area contributed by atoms with Crippen LogP contribution in [0.4, 0.5) is 11.6 Å². The Morgan fingerprint density at radius 3 is 2.26 bits per heavy atom. The molecule has 2 aromatic rings. The number of pyridine rings is 1. The van der Waals surface area contributed by atoms with Gasteiger partial charge in [-0.2, -0.15) is 0 Å². The van der Waals surface area contributed by atoms with Crippen molar-refractivity contribution in [2.24, 2.45) is 5.41 Å². The Balaban J connectivity index is 1.33. The summed E-state index contributed by atoms with van der Waals surface area (Å²) in [6.07, 6.45) is 12.7. The lowest BCUT2D eigenvalue weighted by Gasteiger charge is -2.47. The minimum absolute atomic E-state index is 0.467. The molecule has 6 nitrogen and oxygen atoms in total. The number of hydrogen-bond acceptors (Lipinski definition) is 6. The number of rotatable bonds is 5. The highest BCUT2D eigenvalue weighted by Gasteiger charge is 2.38. The van der Waals surface area contributed by atoms with Crippen molar-refractivity contribution in [3.63, 3.8) is 0 Å². The Kier molecular flexibility index (Phi) is 5.32. The molecule has 142 valence electrons. The van der Waals surface area contributed by atoms with Crippen molar-refractivity contribution >= 4 is 17.9 Å². The fourth-order valence-electron chi connectivity index (χ4n) is 4.36. The smallest absolute Gasteiger partial charge is 0.225 e. The van der Waals surface area contributed by atoms with Gasteiger partial charge in [0.1, 0.15) is 6.29 Å². The first-order valence-corrected chi connectivity index (χ1v) is 9.94. The van der Waals surface area contributed by atoms with Gasteiger partial charge in [-0.3, -0.25) is 4.98 Å². The molecule has 2 saturated heterocycles. The van der Waals surface area contributed by atoms with E-state index in [-0.39, 0.29) is 0 Å². The first-order valence-electron chi connectivity index (χ1n) is 9.94. The van der Waals surface area contributed by atoms with E-state index in [9.17, 15) is 4.79 Å². The number of aldehydes is 1. The minimum atomic E-state index is 0.467. The van der Waals surface area contributed by atoms with Crippen LogP contribution in [-0.2, 0) is 11.2 Å². The monoisotopic (exact) mass is 365 g/mol. The van der Waals surface area contributed by atoms with Crippen LogP contribution in [0.25, 0.3) is 0 Å². The maximum Gasteiger partial charge on any atom is 0.225 e. The molecule has 27 heavy (non-hydrogen) atoms. The third kappa shape index (κ3) is 4.10. The Hall–Kier alpha value is -2.50. The summed E-state index contributed by atoms with van der Waals surface area (Å²) >= 11 is 0. The van der Waals surface area contributed by atoms with Gasteiger partial charge in [0, 0.05) is 62.6 Å². The van der Waals surface area contributed by atoms with Crippen LogP contribution in [0.15, 0.2) is 36.8 Å². The van der Waals surface area contributed by atoms with E-state index < -0.39 is 0 Å². The van der Waals surface area contributed by atoms with Crippen LogP contribution in [-0.4, -0.2) is 47.4 Å². The molecule has 4 rings (SSSR count). The number of carbonyl (C=O) groups is 1. The van der Waals surface area contributed by atoms with Crippen molar-refractivity contribution in [2.45, 2.75) is 38.5 Å². The molecule has 0 unspecified atom stereocenters. The van der Waals surface area contributed by atoms with E-state index in [1.807, 2.05) is 24.7 Å². The molecular formula is C21H27N5O. The van der Waals surface area contributed by atoms with Crippen molar-refractivity contribution in [1.82, 2.24) is 15.0 Å². The highest BCUT2D eigenvalue weighted by Crippen LogP contribution is 2.42. The number of anilines is 2. The number of hydrogen-bond donors (Lipinski definition) is 0. The lowest BCUT2D eigenvalue weighted by molar-refractivity contribution is -0.107. The average Bonchev–Trinajstić information content (AvgIpc) is 2.74. The molecule has 0 aromatic carbocycles. The highest BCUT2D eigenvalue weighted by atomic mass is 16.1. The number of carbonyl (C=O) groups excluding carboxylic acids is 1. The predicted octanol–water partition coefficient (Wildman–Crippen LogP) is 2.89. The summed E-state index contributed by atoms with van der Waals surface area (Å²) in [6.45, 7) is 4.29. The van der Waals surface area contributed by atoms with Gasteiger partial charge >= 0.3 is 0 Å². The largest absolute Gasteiger partial charge is 0.371 e. The van der Waals surface area contributed by atoms with Gasteiger partial charge in [-0.1, -0.05) is 0 Å². The second kappa shape index (κ2) is 8.03. The molecule has 4 heterocycles. The SMILES string of the molecule is O=CCCc1ccnc(N2CCC3(CCN(c4ccncc4)CC3)CC2)n1. The second-order valence-electron chi connectivity index (χ2n) is 7.73. The molecule has 0 radical (unpaired) electrons. The average molecular weight is 365 g/mol. The zero-order valence-electron chi connectivity index (χ0n) is 15.8. The van der Waals surface area contributed by atoms with Crippen molar-refractivity contribution < 1.29 is 4.79 Å². The minimum Gasteiger partial charge on any atom is -0.371 e. The molecule has 0 N–H and O–H groups in total. The van der Waals surface area contributed by atoms with Gasteiger partial charge in [0.05, 0.1) is 0 Å². The molecular weight excluding hydrogens is 338 g/mol. The highest BCUT2D eigenvalue weighted by molar-refractivity contribution is 5.50. The van der Waals surface area contributed by atoms with E-state index in [1.54, 1.807) is 0 Å². The Morgan fingerprint density at radius 2 is 1.59 bits per heavy atom. The van der Waals surface area contributed by atoms with Crippen LogP contribution in [0, 0.1) is 5.41 Å². The number of aryl methyl sites for hydroxylation is 1. The molecule has 0 saturated carbocycles. The van der Waals surface area contributed by atoms with E-state index in [2.05, 4.69) is 36.9 Å². The van der Waals surface area contributed by atoms with E-state index in [0.717, 1.165) is 44.1 Å². The standard InChI is InChI=1S/C21H27N5O/c27-17-1-2-18-3-12-23-20(24-18)26-15-8-21(9-16-26)6-13-25(14-7-21)19-4-10-22-11-5-19/h3-5,10-12,17H,1-2,6-9,13-16H2. The lowest BCUT2D eigenvalue weighted by atomic mass is 9.71. The first-order chi connectivity index (χ1) is 13.3. The van der Waals surface area contributed by atoms with Crippen molar-refractivity contribution in [1.29, 1.82) is 0 Å². The maximum absolute atomic E-state index is 10.6. The zero-order chi connectivity index (χ0) is 18.5. The van der Waals surface area contributed by atoms with Gasteiger partial charge in [-0.25, -0.2) is 9.97 Å². The predicted molar refractivity (Wildman–Crippen MR) is 106 cm³/mol. The Morgan fingerprint density at radius 1 is 0.926 bits per heavy atom. The van der Waals surface area contributed by atoms with Crippen molar-refractivity contribution in [3.8, 4) is 0 Å². The van der Waals surface area contributed by atoms with E-state index in [0.29, 0.717) is 18.3 Å². The van der Waals surface area contributed by atoms with Crippen LogP contribution in [0.5, 0.6) is 0 Å². The quantitative estimate of drug-likeness (QED) is 0.759. The molecule has 1 spiro atoms. The van der Waals surface area contributed by atoms with Gasteiger partial charge < -0.3 is 14.6 Å². The third-order valence-corrected chi connectivity index (χ3v) is 6.18. The van der Waals surface area contributed by atoms with Gasteiger partial charge in [-0.05, 0) is 55.7 Å². The summed E-state index contributed by atoms with van der Waals surface area (Å²) in [4.78, 5) is 28.6. The number of aromatic nitrogens is 3. The fraction of sp³-hybridized carbons (Fsp3) is 0.524. The normalized spacial score (nSPS) is 19.3. The van der Waals surface area contributed by atoms with Crippen molar-refractivity contribution in [3.05, 3.63) is 42.5 Å². The van der Waals surface area contributed by atoms with Crippen LogP contribution >= 0.6 is 0 Å². The summed E-state index contributed by atoms with van der Waals surface area (Å²) < 4.78 is 0. The molecule has 0 aliphatic carbocycles. The van der Waals surface area contributed by atoms with E-state index >= 15 is 0 Å². The van der Waals surface area contributed by atoms with Gasteiger partial charge in [0.15, 0.2) is 0 Å². The van der Waals surface area contributed by atoms with Crippen molar-refractivity contribution in [2.75, 3.05) is 36.0 Å². The second-order valence-corrected chi connectivity index (χ2v) is 7.73. The van der Waals surface area contributed by atoms with Crippen LogP contribution in [0.1, 0.15) is 37.8 Å². The topological polar surface area (TPSA) is 62.2 Å². The number of nitrogens with zero attached hydrogens (tertiary/aromatic N) is 5. The van der Waals surface area contributed by atoms with Crippen LogP contribution in [0.3, 0.4) is 0 Å². The molecule has 2 aliphatic rings. The van der Waals surface area contributed by atoms with E-state index in [4.69, 9.17) is 0 Å². The summed E-state index contributed by atoms with van der Waals surface area (Å²) in [6, 6.07) is 6.12. The maximum atomic E-state index is 10.6. The van der Waals surface area contributed by atoms with Gasteiger partial charge in [-0.15, -0.1) is 0 Å². The molecule has 0 amide bonds. The van der Waals surface area contributed by atoms with Crippen LogP contribution < -0.4 is 9.80 Å². The summed E-state index contributed by atoms with van der Waals surface area (Å²) in [5, 5.41) is 0. The van der Waals surface area contributed by atoms with E-state index in [1.165, 1.54) is 31.4 Å².